The minimum absolute atomic E-state index is 0.105. The Morgan fingerprint density at radius 2 is 1.96 bits per heavy atom. The van der Waals surface area contributed by atoms with Crippen molar-refractivity contribution in [2.45, 2.75) is 32.7 Å². The number of aryl methyl sites for hydroxylation is 1. The molecule has 5 nitrogen and oxygen atoms in total. The molecule has 3 rings (SSSR count). The van der Waals surface area contributed by atoms with E-state index >= 15 is 0 Å². The van der Waals surface area contributed by atoms with Crippen LogP contribution in [0.2, 0.25) is 0 Å². The van der Waals surface area contributed by atoms with Crippen LogP contribution in [-0.4, -0.2) is 30.1 Å². The molecule has 1 heterocycles. The molecule has 0 aliphatic carbocycles. The number of amides is 2. The Hall–Kier alpha value is -2.82. The van der Waals surface area contributed by atoms with Gasteiger partial charge in [0.1, 0.15) is 0 Å². The number of nitrogens with zero attached hydrogens (tertiary/aromatic N) is 1. The highest BCUT2D eigenvalue weighted by atomic mass is 16.5. The second-order valence-electron chi connectivity index (χ2n) is 6.49. The molecule has 26 heavy (non-hydrogen) atoms. The number of hydrogen-bond donors (Lipinski definition) is 1. The summed E-state index contributed by atoms with van der Waals surface area (Å²) in [6.45, 7) is 4.92. The lowest BCUT2D eigenvalue weighted by molar-refractivity contribution is 0.0526. The highest BCUT2D eigenvalue weighted by molar-refractivity contribution is 5.92. The van der Waals surface area contributed by atoms with Gasteiger partial charge in [-0.15, -0.1) is 0 Å². The number of rotatable bonds is 4. The van der Waals surface area contributed by atoms with Crippen LogP contribution in [0.15, 0.2) is 48.5 Å². The van der Waals surface area contributed by atoms with E-state index in [1.165, 1.54) is 11.1 Å². The molecule has 0 unspecified atom stereocenters. The van der Waals surface area contributed by atoms with Crippen LogP contribution in [0, 0.1) is 6.92 Å². The zero-order valence-corrected chi connectivity index (χ0v) is 15.2. The second-order valence-corrected chi connectivity index (χ2v) is 6.49. The quantitative estimate of drug-likeness (QED) is 0.822. The van der Waals surface area contributed by atoms with Crippen LogP contribution in [0.3, 0.4) is 0 Å². The van der Waals surface area contributed by atoms with Crippen molar-refractivity contribution in [1.29, 1.82) is 0 Å². The lowest BCUT2D eigenvalue weighted by Gasteiger charge is -2.25. The standard InChI is InChI=1S/C21H24N2O3/c1-3-26-20(24)16-9-11-18(12-10-16)22-21(25)23-13-5-8-19(23)17-7-4-6-15(2)14-17/h4,6-7,9-12,14,19H,3,5,8,13H2,1-2H3,(H,22,25)/t19-/m1/s1. The Labute approximate surface area is 154 Å². The van der Waals surface area contributed by atoms with E-state index in [1.54, 1.807) is 31.2 Å². The molecule has 0 aromatic heterocycles. The molecule has 2 aromatic rings. The van der Waals surface area contributed by atoms with E-state index in [9.17, 15) is 9.59 Å². The van der Waals surface area contributed by atoms with Crippen molar-refractivity contribution in [3.05, 3.63) is 65.2 Å². The van der Waals surface area contributed by atoms with E-state index in [-0.39, 0.29) is 18.0 Å². The molecule has 1 fully saturated rings. The number of ether oxygens (including phenoxy) is 1. The average Bonchev–Trinajstić information content (AvgIpc) is 3.12. The fourth-order valence-corrected chi connectivity index (χ4v) is 3.33. The van der Waals surface area contributed by atoms with Gasteiger partial charge in [-0.2, -0.15) is 0 Å². The molecule has 2 amide bonds. The summed E-state index contributed by atoms with van der Waals surface area (Å²) in [5.74, 6) is -0.357. The number of anilines is 1. The van der Waals surface area contributed by atoms with E-state index < -0.39 is 0 Å². The second kappa shape index (κ2) is 8.04. The van der Waals surface area contributed by atoms with Crippen LogP contribution in [0.5, 0.6) is 0 Å². The third-order valence-electron chi connectivity index (χ3n) is 4.59. The van der Waals surface area contributed by atoms with E-state index in [2.05, 4.69) is 30.4 Å². The van der Waals surface area contributed by atoms with Crippen LogP contribution >= 0.6 is 0 Å². The van der Waals surface area contributed by atoms with Gasteiger partial charge in [-0.05, 0) is 56.5 Å². The zero-order chi connectivity index (χ0) is 18.5. The van der Waals surface area contributed by atoms with Gasteiger partial charge in [0.05, 0.1) is 18.2 Å². The number of urea groups is 1. The molecule has 5 heteroatoms. The first kappa shape index (κ1) is 18.0. The van der Waals surface area contributed by atoms with Gasteiger partial charge in [0.2, 0.25) is 0 Å². The van der Waals surface area contributed by atoms with Crippen LogP contribution in [0.1, 0.15) is 47.3 Å². The van der Waals surface area contributed by atoms with Gasteiger partial charge in [0, 0.05) is 12.2 Å². The topological polar surface area (TPSA) is 58.6 Å². The minimum atomic E-state index is -0.357. The van der Waals surface area contributed by atoms with Crippen LogP contribution < -0.4 is 5.32 Å². The number of likely N-dealkylation sites (tertiary alicyclic amines) is 1. The van der Waals surface area contributed by atoms with E-state index in [1.807, 2.05) is 11.0 Å². The third kappa shape index (κ3) is 4.04. The first-order valence-corrected chi connectivity index (χ1v) is 9.00. The van der Waals surface area contributed by atoms with Crippen LogP contribution in [0.4, 0.5) is 10.5 Å². The Balaban J connectivity index is 1.68. The maximum atomic E-state index is 12.7. The van der Waals surface area contributed by atoms with Crippen molar-refractivity contribution in [1.82, 2.24) is 4.90 Å². The fourth-order valence-electron chi connectivity index (χ4n) is 3.33. The van der Waals surface area contributed by atoms with Gasteiger partial charge in [-0.1, -0.05) is 29.8 Å². The van der Waals surface area contributed by atoms with Gasteiger partial charge < -0.3 is 15.0 Å². The minimum Gasteiger partial charge on any atom is -0.462 e. The third-order valence-corrected chi connectivity index (χ3v) is 4.59. The SMILES string of the molecule is CCOC(=O)c1ccc(NC(=O)N2CCC[C@@H]2c2cccc(C)c2)cc1. The molecule has 0 bridgehead atoms. The van der Waals surface area contributed by atoms with E-state index in [4.69, 9.17) is 4.74 Å². The first-order valence-electron chi connectivity index (χ1n) is 9.00. The lowest BCUT2D eigenvalue weighted by Crippen LogP contribution is -2.34. The molecule has 0 saturated carbocycles. The number of benzene rings is 2. The van der Waals surface area contributed by atoms with Crippen molar-refractivity contribution >= 4 is 17.7 Å². The van der Waals surface area contributed by atoms with Crippen LogP contribution in [0.25, 0.3) is 0 Å². The molecule has 1 atom stereocenters. The molecule has 1 N–H and O–H groups in total. The average molecular weight is 352 g/mol. The van der Waals surface area contributed by atoms with Crippen molar-refractivity contribution < 1.29 is 14.3 Å². The summed E-state index contributed by atoms with van der Waals surface area (Å²) in [6.07, 6.45) is 1.96. The Kier molecular flexibility index (Phi) is 5.56. The molecular formula is C21H24N2O3. The van der Waals surface area contributed by atoms with Gasteiger partial charge in [0.25, 0.3) is 0 Å². The predicted octanol–water partition coefficient (Wildman–Crippen LogP) is 4.54. The van der Waals surface area contributed by atoms with Gasteiger partial charge in [-0.25, -0.2) is 9.59 Å². The lowest BCUT2D eigenvalue weighted by atomic mass is 10.0. The fraction of sp³-hybridized carbons (Fsp3) is 0.333. The molecule has 0 radical (unpaired) electrons. The van der Waals surface area contributed by atoms with Crippen molar-refractivity contribution in [3.63, 3.8) is 0 Å². The summed E-state index contributed by atoms with van der Waals surface area (Å²) in [6, 6.07) is 15.1. The number of carbonyl (C=O) groups is 2. The molecule has 1 aliphatic heterocycles. The van der Waals surface area contributed by atoms with Crippen molar-refractivity contribution in [2.24, 2.45) is 0 Å². The Morgan fingerprint density at radius 3 is 2.65 bits per heavy atom. The maximum Gasteiger partial charge on any atom is 0.338 e. The van der Waals surface area contributed by atoms with Crippen molar-refractivity contribution in [3.8, 4) is 0 Å². The Morgan fingerprint density at radius 1 is 1.19 bits per heavy atom. The van der Waals surface area contributed by atoms with Gasteiger partial charge >= 0.3 is 12.0 Å². The highest BCUT2D eigenvalue weighted by Gasteiger charge is 2.30. The highest BCUT2D eigenvalue weighted by Crippen LogP contribution is 2.32. The van der Waals surface area contributed by atoms with Crippen LogP contribution in [-0.2, 0) is 4.74 Å². The summed E-state index contributed by atoms with van der Waals surface area (Å²) in [7, 11) is 0. The molecule has 1 saturated heterocycles. The number of hydrogen-bond acceptors (Lipinski definition) is 3. The monoisotopic (exact) mass is 352 g/mol. The number of nitrogens with one attached hydrogen (secondary N) is 1. The number of esters is 1. The summed E-state index contributed by atoms with van der Waals surface area (Å²) in [4.78, 5) is 26.3. The summed E-state index contributed by atoms with van der Waals surface area (Å²) in [5, 5.41) is 2.93. The summed E-state index contributed by atoms with van der Waals surface area (Å²) >= 11 is 0. The molecule has 0 spiro atoms. The molecular weight excluding hydrogens is 328 g/mol. The zero-order valence-electron chi connectivity index (χ0n) is 15.2. The Bertz CT molecular complexity index is 786. The smallest absolute Gasteiger partial charge is 0.338 e. The molecule has 1 aliphatic rings. The predicted molar refractivity (Wildman–Crippen MR) is 101 cm³/mol. The maximum absolute atomic E-state index is 12.7. The van der Waals surface area contributed by atoms with Gasteiger partial charge in [0.15, 0.2) is 0 Å². The largest absolute Gasteiger partial charge is 0.462 e. The number of carbonyl (C=O) groups excluding carboxylic acids is 2. The summed E-state index contributed by atoms with van der Waals surface area (Å²) < 4.78 is 4.97. The molecule has 136 valence electrons. The van der Waals surface area contributed by atoms with E-state index in [0.29, 0.717) is 17.9 Å². The van der Waals surface area contributed by atoms with Crippen molar-refractivity contribution in [2.75, 3.05) is 18.5 Å². The molecule has 2 aromatic carbocycles. The first-order chi connectivity index (χ1) is 12.6. The van der Waals surface area contributed by atoms with E-state index in [0.717, 1.165) is 19.4 Å². The van der Waals surface area contributed by atoms with Gasteiger partial charge in [-0.3, -0.25) is 0 Å². The summed E-state index contributed by atoms with van der Waals surface area (Å²) in [5.41, 5.74) is 3.52. The normalized spacial score (nSPS) is 16.4.